The Morgan fingerprint density at radius 2 is 2.09 bits per heavy atom. The Balaban J connectivity index is 2.65. The van der Waals surface area contributed by atoms with Crippen LogP contribution >= 0.6 is 11.6 Å². The largest absolute Gasteiger partial charge is 0.401 e. The highest BCUT2D eigenvalue weighted by Crippen LogP contribution is 2.22. The molecule has 124 valence electrons. The third kappa shape index (κ3) is 7.06. The van der Waals surface area contributed by atoms with Crippen LogP contribution in [0.5, 0.6) is 0 Å². The van der Waals surface area contributed by atoms with Crippen molar-refractivity contribution in [2.45, 2.75) is 6.18 Å². The van der Waals surface area contributed by atoms with Gasteiger partial charge in [-0.1, -0.05) is 11.6 Å². The first-order chi connectivity index (χ1) is 10.2. The first-order valence-electron chi connectivity index (χ1n) is 6.24. The molecule has 1 N–H and O–H groups in total. The number of anilines is 1. The Morgan fingerprint density at radius 3 is 2.64 bits per heavy atom. The number of nitrogens with one attached hydrogen (secondary N) is 1. The van der Waals surface area contributed by atoms with Crippen molar-refractivity contribution in [1.82, 2.24) is 4.90 Å². The molecule has 0 radical (unpaired) electrons. The molecule has 0 saturated carbocycles. The highest BCUT2D eigenvalue weighted by atomic mass is 35.5. The van der Waals surface area contributed by atoms with Crippen LogP contribution < -0.4 is 5.32 Å². The number of carbonyl (C=O) groups is 1. The Kier molecular flexibility index (Phi) is 7.05. The summed E-state index contributed by atoms with van der Waals surface area (Å²) in [6.45, 7) is -1.72. The molecule has 1 rings (SSSR count). The van der Waals surface area contributed by atoms with E-state index in [1.807, 2.05) is 0 Å². The SMILES string of the molecule is COCCN(CC(=O)Nc1ccc(F)cc1Cl)CC(F)(F)F. The average Bonchev–Trinajstić information content (AvgIpc) is 2.37. The zero-order chi connectivity index (χ0) is 16.8. The van der Waals surface area contributed by atoms with Gasteiger partial charge in [-0.3, -0.25) is 9.69 Å². The summed E-state index contributed by atoms with van der Waals surface area (Å²) < 4.78 is 54.9. The predicted molar refractivity (Wildman–Crippen MR) is 74.4 cm³/mol. The number of nitrogens with zero attached hydrogens (tertiary/aromatic N) is 1. The minimum Gasteiger partial charge on any atom is -0.383 e. The summed E-state index contributed by atoms with van der Waals surface area (Å²) in [5, 5.41) is 2.31. The number of halogens is 5. The fraction of sp³-hybridized carbons (Fsp3) is 0.462. The van der Waals surface area contributed by atoms with Gasteiger partial charge in [0.05, 0.1) is 30.4 Å². The van der Waals surface area contributed by atoms with Crippen molar-refractivity contribution in [2.75, 3.05) is 38.7 Å². The minimum absolute atomic E-state index is 0.0346. The summed E-state index contributed by atoms with van der Waals surface area (Å²) in [4.78, 5) is 12.7. The Bertz CT molecular complexity index is 511. The summed E-state index contributed by atoms with van der Waals surface area (Å²) in [7, 11) is 1.35. The molecule has 0 aliphatic heterocycles. The number of hydrogen-bond donors (Lipinski definition) is 1. The second-order valence-corrected chi connectivity index (χ2v) is 4.90. The van der Waals surface area contributed by atoms with Gasteiger partial charge in [0.1, 0.15) is 5.82 Å². The second kappa shape index (κ2) is 8.30. The van der Waals surface area contributed by atoms with Gasteiger partial charge in [-0.25, -0.2) is 4.39 Å². The van der Waals surface area contributed by atoms with E-state index in [0.717, 1.165) is 17.0 Å². The molecule has 0 spiro atoms. The maximum Gasteiger partial charge on any atom is 0.401 e. The number of alkyl halides is 3. The smallest absolute Gasteiger partial charge is 0.383 e. The highest BCUT2D eigenvalue weighted by molar-refractivity contribution is 6.33. The van der Waals surface area contributed by atoms with Crippen molar-refractivity contribution in [1.29, 1.82) is 0 Å². The van der Waals surface area contributed by atoms with E-state index in [4.69, 9.17) is 16.3 Å². The van der Waals surface area contributed by atoms with Gasteiger partial charge in [0.15, 0.2) is 0 Å². The van der Waals surface area contributed by atoms with Crippen LogP contribution in [0.15, 0.2) is 18.2 Å². The van der Waals surface area contributed by atoms with E-state index in [2.05, 4.69) is 5.32 Å². The first-order valence-corrected chi connectivity index (χ1v) is 6.62. The standard InChI is InChI=1S/C13H15ClF4N2O2/c1-22-5-4-20(8-13(16,17)18)7-12(21)19-11-3-2-9(15)6-10(11)14/h2-3,6H,4-5,7-8H2,1H3,(H,19,21). The van der Waals surface area contributed by atoms with Crippen LogP contribution in [0.4, 0.5) is 23.2 Å². The van der Waals surface area contributed by atoms with Gasteiger partial charge in [-0.2, -0.15) is 13.2 Å². The quantitative estimate of drug-likeness (QED) is 0.775. The fourth-order valence-electron chi connectivity index (χ4n) is 1.67. The predicted octanol–water partition coefficient (Wildman–Crippen LogP) is 2.93. The van der Waals surface area contributed by atoms with E-state index in [0.29, 0.717) is 0 Å². The molecule has 1 amide bonds. The Morgan fingerprint density at radius 1 is 1.41 bits per heavy atom. The van der Waals surface area contributed by atoms with Crippen LogP contribution in [0.3, 0.4) is 0 Å². The number of benzene rings is 1. The maximum atomic E-state index is 12.9. The number of ether oxygens (including phenoxy) is 1. The molecule has 4 nitrogen and oxygen atoms in total. The van der Waals surface area contributed by atoms with Crippen molar-refractivity contribution in [3.8, 4) is 0 Å². The lowest BCUT2D eigenvalue weighted by Crippen LogP contribution is -2.41. The van der Waals surface area contributed by atoms with Crippen LogP contribution in [-0.2, 0) is 9.53 Å². The summed E-state index contributed by atoms with van der Waals surface area (Å²) >= 11 is 5.73. The third-order valence-electron chi connectivity index (χ3n) is 2.59. The van der Waals surface area contributed by atoms with Crippen molar-refractivity contribution in [2.24, 2.45) is 0 Å². The van der Waals surface area contributed by atoms with Gasteiger partial charge >= 0.3 is 6.18 Å². The van der Waals surface area contributed by atoms with Crippen LogP contribution in [-0.4, -0.2) is 50.3 Å². The van der Waals surface area contributed by atoms with E-state index in [1.54, 1.807) is 0 Å². The zero-order valence-electron chi connectivity index (χ0n) is 11.7. The molecule has 1 aromatic rings. The molecule has 22 heavy (non-hydrogen) atoms. The number of amides is 1. The normalized spacial score (nSPS) is 11.8. The van der Waals surface area contributed by atoms with E-state index in [1.165, 1.54) is 13.2 Å². The Labute approximate surface area is 130 Å². The molecule has 0 aliphatic rings. The monoisotopic (exact) mass is 342 g/mol. The molecule has 0 bridgehead atoms. The van der Waals surface area contributed by atoms with Gasteiger partial charge in [0.2, 0.25) is 5.91 Å². The van der Waals surface area contributed by atoms with Crippen LogP contribution in [0.1, 0.15) is 0 Å². The number of carbonyl (C=O) groups excluding carboxylic acids is 1. The van der Waals surface area contributed by atoms with Crippen LogP contribution in [0.25, 0.3) is 0 Å². The summed E-state index contributed by atoms with van der Waals surface area (Å²) in [6, 6.07) is 3.31. The molecule has 0 saturated heterocycles. The van der Waals surface area contributed by atoms with Crippen molar-refractivity contribution in [3.05, 3.63) is 29.0 Å². The molecule has 1 aromatic carbocycles. The van der Waals surface area contributed by atoms with Crippen molar-refractivity contribution >= 4 is 23.2 Å². The minimum atomic E-state index is -4.43. The lowest BCUT2D eigenvalue weighted by atomic mass is 10.3. The van der Waals surface area contributed by atoms with Crippen LogP contribution in [0.2, 0.25) is 5.02 Å². The fourth-order valence-corrected chi connectivity index (χ4v) is 1.89. The molecule has 0 aromatic heterocycles. The van der Waals surface area contributed by atoms with Crippen molar-refractivity contribution < 1.29 is 27.1 Å². The highest BCUT2D eigenvalue weighted by Gasteiger charge is 2.31. The molecule has 0 fully saturated rings. The molecule has 0 heterocycles. The summed E-state index contributed by atoms with van der Waals surface area (Å²) in [5.41, 5.74) is 0.131. The first kappa shape index (κ1) is 18.7. The number of methoxy groups -OCH3 is 1. The van der Waals surface area contributed by atoms with Gasteiger partial charge in [-0.05, 0) is 18.2 Å². The Hall–Kier alpha value is -1.38. The maximum absolute atomic E-state index is 12.9. The number of rotatable bonds is 7. The molecular weight excluding hydrogens is 328 g/mol. The van der Waals surface area contributed by atoms with Gasteiger partial charge in [0, 0.05) is 13.7 Å². The average molecular weight is 343 g/mol. The van der Waals surface area contributed by atoms with E-state index < -0.39 is 31.0 Å². The lowest BCUT2D eigenvalue weighted by Gasteiger charge is -2.22. The van der Waals surface area contributed by atoms with Crippen molar-refractivity contribution in [3.63, 3.8) is 0 Å². The molecule has 9 heteroatoms. The molecule has 0 atom stereocenters. The van der Waals surface area contributed by atoms with E-state index >= 15 is 0 Å². The topological polar surface area (TPSA) is 41.6 Å². The van der Waals surface area contributed by atoms with Gasteiger partial charge < -0.3 is 10.1 Å². The lowest BCUT2D eigenvalue weighted by molar-refractivity contribution is -0.149. The third-order valence-corrected chi connectivity index (χ3v) is 2.90. The summed E-state index contributed by atoms with van der Waals surface area (Å²) in [6.07, 6.45) is -4.43. The molecule has 0 aliphatic carbocycles. The van der Waals surface area contributed by atoms with Gasteiger partial charge in [-0.15, -0.1) is 0 Å². The van der Waals surface area contributed by atoms with Gasteiger partial charge in [0.25, 0.3) is 0 Å². The summed E-state index contributed by atoms with van der Waals surface area (Å²) in [5.74, 6) is -1.27. The van der Waals surface area contributed by atoms with E-state index in [-0.39, 0.29) is 23.9 Å². The second-order valence-electron chi connectivity index (χ2n) is 4.49. The van der Waals surface area contributed by atoms with E-state index in [9.17, 15) is 22.4 Å². The number of hydrogen-bond acceptors (Lipinski definition) is 3. The zero-order valence-corrected chi connectivity index (χ0v) is 12.5. The van der Waals surface area contributed by atoms with Crippen LogP contribution in [0, 0.1) is 5.82 Å². The molecular formula is C13H15ClF4N2O2. The molecule has 0 unspecified atom stereocenters.